The molecule has 1 atom stereocenters. The van der Waals surface area contributed by atoms with Crippen molar-refractivity contribution in [1.29, 1.82) is 0 Å². The summed E-state index contributed by atoms with van der Waals surface area (Å²) < 4.78 is 5.70. The zero-order chi connectivity index (χ0) is 18.7. The van der Waals surface area contributed by atoms with Crippen molar-refractivity contribution in [2.75, 3.05) is 6.61 Å². The Morgan fingerprint density at radius 1 is 1.32 bits per heavy atom. The highest BCUT2D eigenvalue weighted by molar-refractivity contribution is 9.10. The molecule has 3 N–H and O–H groups in total. The lowest BCUT2D eigenvalue weighted by molar-refractivity contribution is -0.137. The van der Waals surface area contributed by atoms with Gasteiger partial charge in [-0.05, 0) is 37.1 Å². The minimum Gasteiger partial charge on any atom is -0.463 e. The molecule has 0 saturated heterocycles. The average molecular weight is 409 g/mol. The van der Waals surface area contributed by atoms with Crippen molar-refractivity contribution in [1.82, 2.24) is 5.32 Å². The standard InChI is InChI=1S/C18H21BrN2O4/c1-2-25-18(24)11-8-15(7-9-16(20)22)21-17(23)10-6-13-4-3-5-14(19)12-13/h3-6,8,10-12,15H,2,7,9H2,1H3,(H2,20,22)(H,21,23)/b10-6+,11-8+/t15-/m0/s1. The number of primary amides is 1. The minimum atomic E-state index is -0.509. The number of rotatable bonds is 9. The molecule has 6 nitrogen and oxygen atoms in total. The van der Waals surface area contributed by atoms with Crippen molar-refractivity contribution in [3.8, 4) is 0 Å². The summed E-state index contributed by atoms with van der Waals surface area (Å²) in [5.74, 6) is -1.33. The first-order chi connectivity index (χ1) is 11.9. The molecule has 0 aliphatic rings. The Hall–Kier alpha value is -2.41. The second-order valence-electron chi connectivity index (χ2n) is 5.12. The zero-order valence-electron chi connectivity index (χ0n) is 13.9. The molecule has 25 heavy (non-hydrogen) atoms. The van der Waals surface area contributed by atoms with Crippen molar-refractivity contribution in [3.63, 3.8) is 0 Å². The SMILES string of the molecule is CCOC(=O)/C=C/[C@H](CCC(N)=O)NC(=O)/C=C/c1cccc(Br)c1. The maximum atomic E-state index is 12.1. The van der Waals surface area contributed by atoms with E-state index in [0.717, 1.165) is 10.0 Å². The number of nitrogens with one attached hydrogen (secondary N) is 1. The summed E-state index contributed by atoms with van der Waals surface area (Å²) in [6, 6.07) is 6.97. The molecule has 0 aliphatic carbocycles. The highest BCUT2D eigenvalue weighted by Gasteiger charge is 2.10. The smallest absolute Gasteiger partial charge is 0.330 e. The number of nitrogens with two attached hydrogens (primary N) is 1. The third-order valence-electron chi connectivity index (χ3n) is 3.06. The van der Waals surface area contributed by atoms with E-state index < -0.39 is 17.9 Å². The van der Waals surface area contributed by atoms with E-state index in [1.807, 2.05) is 24.3 Å². The van der Waals surface area contributed by atoms with E-state index in [1.54, 1.807) is 13.0 Å². The number of amides is 2. The van der Waals surface area contributed by atoms with Gasteiger partial charge in [-0.25, -0.2) is 4.79 Å². The van der Waals surface area contributed by atoms with Gasteiger partial charge in [-0.15, -0.1) is 0 Å². The number of esters is 1. The van der Waals surface area contributed by atoms with Gasteiger partial charge in [0.15, 0.2) is 0 Å². The van der Waals surface area contributed by atoms with Gasteiger partial charge in [0.05, 0.1) is 6.61 Å². The Morgan fingerprint density at radius 2 is 2.08 bits per heavy atom. The molecule has 0 aromatic heterocycles. The van der Waals surface area contributed by atoms with Crippen LogP contribution in [0.25, 0.3) is 6.08 Å². The minimum absolute atomic E-state index is 0.0907. The van der Waals surface area contributed by atoms with E-state index in [9.17, 15) is 14.4 Å². The van der Waals surface area contributed by atoms with Gasteiger partial charge in [0.2, 0.25) is 11.8 Å². The van der Waals surface area contributed by atoms with Gasteiger partial charge in [-0.1, -0.05) is 34.1 Å². The number of carbonyl (C=O) groups is 3. The van der Waals surface area contributed by atoms with E-state index in [2.05, 4.69) is 21.2 Å². The van der Waals surface area contributed by atoms with Crippen LogP contribution in [0.2, 0.25) is 0 Å². The lowest BCUT2D eigenvalue weighted by Crippen LogP contribution is -2.33. The fourth-order valence-electron chi connectivity index (χ4n) is 1.91. The van der Waals surface area contributed by atoms with Crippen molar-refractivity contribution >= 4 is 39.8 Å². The molecule has 0 fully saturated rings. The molecule has 1 aromatic rings. The van der Waals surface area contributed by atoms with Crippen molar-refractivity contribution in [3.05, 3.63) is 52.5 Å². The van der Waals surface area contributed by atoms with E-state index in [4.69, 9.17) is 10.5 Å². The van der Waals surface area contributed by atoms with Crippen molar-refractivity contribution in [2.45, 2.75) is 25.8 Å². The lowest BCUT2D eigenvalue weighted by Gasteiger charge is -2.12. The quantitative estimate of drug-likeness (QED) is 0.483. The van der Waals surface area contributed by atoms with Crippen LogP contribution in [0.15, 0.2) is 47.0 Å². The fourth-order valence-corrected chi connectivity index (χ4v) is 2.33. The van der Waals surface area contributed by atoms with E-state index in [0.29, 0.717) is 6.42 Å². The third kappa shape index (κ3) is 9.46. The summed E-state index contributed by atoms with van der Waals surface area (Å²) in [6.45, 7) is 1.96. The molecule has 7 heteroatoms. The Morgan fingerprint density at radius 3 is 2.72 bits per heavy atom. The van der Waals surface area contributed by atoms with Crippen LogP contribution in [-0.4, -0.2) is 30.4 Å². The van der Waals surface area contributed by atoms with Gasteiger partial charge < -0.3 is 15.8 Å². The van der Waals surface area contributed by atoms with E-state index in [1.165, 1.54) is 18.2 Å². The van der Waals surface area contributed by atoms with Crippen LogP contribution in [0.3, 0.4) is 0 Å². The largest absolute Gasteiger partial charge is 0.463 e. The Balaban J connectivity index is 2.69. The van der Waals surface area contributed by atoms with Gasteiger partial charge in [-0.2, -0.15) is 0 Å². The van der Waals surface area contributed by atoms with Gasteiger partial charge in [0, 0.05) is 29.1 Å². The zero-order valence-corrected chi connectivity index (χ0v) is 15.5. The first-order valence-electron chi connectivity index (χ1n) is 7.78. The number of halogens is 1. The predicted octanol–water partition coefficient (Wildman–Crippen LogP) is 2.33. The van der Waals surface area contributed by atoms with Crippen LogP contribution in [0.4, 0.5) is 0 Å². The van der Waals surface area contributed by atoms with E-state index >= 15 is 0 Å². The molecule has 0 saturated carbocycles. The highest BCUT2D eigenvalue weighted by Crippen LogP contribution is 2.12. The van der Waals surface area contributed by atoms with Crippen LogP contribution in [0.5, 0.6) is 0 Å². The van der Waals surface area contributed by atoms with Crippen LogP contribution in [0, 0.1) is 0 Å². The molecule has 0 heterocycles. The Bertz CT molecular complexity index is 671. The lowest BCUT2D eigenvalue weighted by atomic mass is 10.1. The first-order valence-corrected chi connectivity index (χ1v) is 8.57. The average Bonchev–Trinajstić information content (AvgIpc) is 2.55. The number of hydrogen-bond donors (Lipinski definition) is 2. The molecule has 1 aromatic carbocycles. The second-order valence-corrected chi connectivity index (χ2v) is 6.04. The van der Waals surface area contributed by atoms with Crippen molar-refractivity contribution in [2.24, 2.45) is 5.73 Å². The predicted molar refractivity (Wildman–Crippen MR) is 99.3 cm³/mol. The number of carbonyl (C=O) groups excluding carboxylic acids is 3. The molecular weight excluding hydrogens is 388 g/mol. The molecule has 0 bridgehead atoms. The number of hydrogen-bond acceptors (Lipinski definition) is 4. The highest BCUT2D eigenvalue weighted by atomic mass is 79.9. The normalized spacial score (nSPS) is 12.2. The summed E-state index contributed by atoms with van der Waals surface area (Å²) >= 11 is 3.36. The summed E-state index contributed by atoms with van der Waals surface area (Å²) in [4.78, 5) is 34.4. The van der Waals surface area contributed by atoms with Crippen LogP contribution in [-0.2, 0) is 19.1 Å². The Kier molecular flexibility index (Phi) is 9.24. The van der Waals surface area contributed by atoms with Crippen LogP contribution in [0.1, 0.15) is 25.3 Å². The van der Waals surface area contributed by atoms with Crippen LogP contribution >= 0.6 is 15.9 Å². The molecule has 2 amide bonds. The molecule has 0 radical (unpaired) electrons. The maximum absolute atomic E-state index is 12.1. The van der Waals surface area contributed by atoms with E-state index in [-0.39, 0.29) is 18.9 Å². The monoisotopic (exact) mass is 408 g/mol. The summed E-state index contributed by atoms with van der Waals surface area (Å²) in [5.41, 5.74) is 6.00. The fraction of sp³-hybridized carbons (Fsp3) is 0.278. The molecule has 0 unspecified atom stereocenters. The molecule has 0 aliphatic heterocycles. The van der Waals surface area contributed by atoms with Gasteiger partial charge in [0.25, 0.3) is 0 Å². The van der Waals surface area contributed by atoms with Gasteiger partial charge in [-0.3, -0.25) is 9.59 Å². The third-order valence-corrected chi connectivity index (χ3v) is 3.55. The summed E-state index contributed by atoms with van der Waals surface area (Å²) in [6.07, 6.45) is 6.16. The van der Waals surface area contributed by atoms with Crippen LogP contribution < -0.4 is 11.1 Å². The van der Waals surface area contributed by atoms with Gasteiger partial charge >= 0.3 is 5.97 Å². The summed E-state index contributed by atoms with van der Waals surface area (Å²) in [5, 5.41) is 2.71. The topological polar surface area (TPSA) is 98.5 Å². The summed E-state index contributed by atoms with van der Waals surface area (Å²) in [7, 11) is 0. The molecule has 134 valence electrons. The first kappa shape index (κ1) is 20.6. The Labute approximate surface area is 155 Å². The van der Waals surface area contributed by atoms with Crippen molar-refractivity contribution < 1.29 is 19.1 Å². The molecule has 0 spiro atoms. The number of ether oxygens (including phenoxy) is 1. The maximum Gasteiger partial charge on any atom is 0.330 e. The molecule has 1 rings (SSSR count). The van der Waals surface area contributed by atoms with Gasteiger partial charge in [0.1, 0.15) is 0 Å². The number of benzene rings is 1. The molecular formula is C18H21BrN2O4. The second kappa shape index (κ2) is 11.2.